The molecule has 0 saturated heterocycles. The van der Waals surface area contributed by atoms with Gasteiger partial charge in [-0.1, -0.05) is 91.0 Å². The van der Waals surface area contributed by atoms with Crippen LogP contribution in [0.25, 0.3) is 183 Å². The predicted molar refractivity (Wildman–Crippen MR) is 532 cm³/mol. The van der Waals surface area contributed by atoms with E-state index in [1.54, 1.807) is 143 Å². The van der Waals surface area contributed by atoms with Crippen LogP contribution in [0.1, 0.15) is 12.6 Å². The second-order valence-corrected chi connectivity index (χ2v) is 31.9. The molecule has 1 aliphatic heterocycles. The highest BCUT2D eigenvalue weighted by atomic mass is 19.1. The number of nitrogens with two attached hydrogens (primary N) is 5. The van der Waals surface area contributed by atoms with E-state index in [1.165, 1.54) is 23.8 Å². The monoisotopic (exact) mass is 1820 g/mol. The fourth-order valence-electron chi connectivity index (χ4n) is 16.2. The SMILES string of the molecule is CC1N=CC(c2cc(N)n3ncc(-c4cnc5ccccc5c4)c3n2)=N1.COc1cc(-c2cc(N)n3ncc(-c4cnc5ccccc5c4)c3n2)ccc1O.COc1ccc(-c2cc(N)n3ncc(-c4cnc5ccccc5c4)c3n2)cc1OC.Nc1cc(-c2ccc(O)c(F)c2)nc2c(-c3cnc4ccccc4c3)cnn12.Nc1cc(-c2cn[nH]c2)nc2c(-c3cnc4ccccc4c3)cnn12. The zero-order valence-electron chi connectivity index (χ0n) is 73.8. The van der Waals surface area contributed by atoms with Gasteiger partial charge in [0.15, 0.2) is 62.8 Å². The molecule has 0 fully saturated rings. The number of aliphatic imine (C=N–C) groups is 2. The van der Waals surface area contributed by atoms with Crippen molar-refractivity contribution in [2.24, 2.45) is 9.98 Å². The maximum absolute atomic E-state index is 13.8. The number of nitrogens with zero attached hydrogens (tertiary/aromatic N) is 23. The van der Waals surface area contributed by atoms with E-state index in [1.807, 2.05) is 177 Å². The number of para-hydroxylation sites is 5. The van der Waals surface area contributed by atoms with Crippen molar-refractivity contribution in [3.63, 3.8) is 0 Å². The van der Waals surface area contributed by atoms with Gasteiger partial charge in [-0.2, -0.15) is 53.2 Å². The maximum Gasteiger partial charge on any atom is 0.165 e. The van der Waals surface area contributed by atoms with Gasteiger partial charge in [-0.15, -0.1) is 0 Å². The summed E-state index contributed by atoms with van der Waals surface area (Å²) in [6.07, 6.45) is 23.0. The molecule has 13 N–H and O–H groups in total. The maximum atomic E-state index is 13.8. The van der Waals surface area contributed by atoms with E-state index >= 15 is 0 Å². The zero-order chi connectivity index (χ0) is 94.3. The fraction of sp³-hybridized carbons (Fsp3) is 0.0485. The Bertz CT molecular complexity index is 8940. The molecule has 16 aromatic heterocycles. The topological polar surface area (TPSA) is 467 Å². The number of hydrogen-bond donors (Lipinski definition) is 8. The van der Waals surface area contributed by atoms with E-state index in [0.29, 0.717) is 97.2 Å². The van der Waals surface area contributed by atoms with Crippen LogP contribution in [0.4, 0.5) is 33.5 Å². The summed E-state index contributed by atoms with van der Waals surface area (Å²) in [5, 5.41) is 53.2. The molecule has 34 nitrogen and oxygen atoms in total. The van der Waals surface area contributed by atoms with Crippen molar-refractivity contribution in [2.75, 3.05) is 50.0 Å². The number of nitrogens with one attached hydrogen (secondary N) is 1. The average Bonchev–Trinajstić information content (AvgIpc) is 1.67. The lowest BCUT2D eigenvalue weighted by Gasteiger charge is -2.10. The fourth-order valence-corrected chi connectivity index (χ4v) is 16.2. The minimum Gasteiger partial charge on any atom is -0.505 e. The smallest absolute Gasteiger partial charge is 0.165 e. The Kier molecular flexibility index (Phi) is 22.2. The van der Waals surface area contributed by atoms with Gasteiger partial charge in [0.2, 0.25) is 0 Å². The molecular formula is C103H78FN29O5. The van der Waals surface area contributed by atoms with Crippen LogP contribution in [-0.2, 0) is 0 Å². The second-order valence-electron chi connectivity index (χ2n) is 31.9. The third kappa shape index (κ3) is 16.5. The number of phenols is 2. The Morgan fingerprint density at radius 2 is 0.616 bits per heavy atom. The molecular weight excluding hydrogens is 1740 g/mol. The largest absolute Gasteiger partial charge is 0.505 e. The van der Waals surface area contributed by atoms with E-state index in [-0.39, 0.29) is 11.9 Å². The molecule has 0 radical (unpaired) electrons. The third-order valence-electron chi connectivity index (χ3n) is 23.2. The normalized spacial score (nSPS) is 12.2. The van der Waals surface area contributed by atoms with Crippen molar-refractivity contribution >= 4 is 124 Å². The molecule has 1 unspecified atom stereocenters. The highest BCUT2D eigenvalue weighted by molar-refractivity contribution is 6.38. The minimum absolute atomic E-state index is 0.0672. The molecule has 1 aliphatic rings. The Morgan fingerprint density at radius 1 is 0.312 bits per heavy atom. The summed E-state index contributed by atoms with van der Waals surface area (Å²) in [7, 11) is 4.72. The quantitative estimate of drug-likeness (QED) is 0.0531. The number of nitrogen functional groups attached to an aromatic ring is 5. The summed E-state index contributed by atoms with van der Waals surface area (Å²) in [6, 6.07) is 73.6. The van der Waals surface area contributed by atoms with Gasteiger partial charge in [0.25, 0.3) is 0 Å². The standard InChI is InChI=1S/C23H19N5O2.C22H17N5O2.C21H14FN5O.C19H15N7.C18H13N7/c1-29-20-8-7-15(10-21(20)30-2)19-11-22(24)28-23(27-19)17(13-26-28)16-9-14-5-3-4-6-18(14)25-12-16;1-29-20-9-14(6-7-19(20)28)18-10-21(23)27-22(26-18)16(12-25-27)15-8-13-4-2-3-5-17(13)24-11-15;22-16-8-13(5-6-19(16)28)18-9-20(23)27-21(26-18)15(11-25-27)14-7-12-3-1-2-4-17(12)24-10-14;1-11-21-10-17(24-11)16-7-18(20)26-19(25-16)14(9-23-26)13-6-12-4-2-3-5-15(12)22-8-13;19-17-6-16(13-8-21-22-9-13)24-18-14(10-23-25(17)18)12-5-11-3-1-2-4-15(11)20-7-12/h3-13H,24H2,1-2H3;2-12,28H,23H2,1H3;1-11,28H,23H2;2-11H,20H2,1H3;1-10H,19H2,(H,21,22). The summed E-state index contributed by atoms with van der Waals surface area (Å²) >= 11 is 0. The summed E-state index contributed by atoms with van der Waals surface area (Å²) in [6.45, 7) is 1.93. The second kappa shape index (κ2) is 35.9. The van der Waals surface area contributed by atoms with Gasteiger partial charge in [-0.3, -0.25) is 40.0 Å². The molecule has 25 rings (SSSR count). The first-order valence-corrected chi connectivity index (χ1v) is 43.1. The molecule has 35 heteroatoms. The number of aromatic amines is 1. The zero-order valence-corrected chi connectivity index (χ0v) is 73.8. The Morgan fingerprint density at radius 3 is 0.935 bits per heavy atom. The Labute approximate surface area is 781 Å². The predicted octanol–water partition coefficient (Wildman–Crippen LogP) is 17.8. The van der Waals surface area contributed by atoms with Crippen LogP contribution >= 0.6 is 0 Å². The molecule has 138 heavy (non-hydrogen) atoms. The molecule has 17 heterocycles. The number of benzene rings is 8. The van der Waals surface area contributed by atoms with E-state index in [9.17, 15) is 14.6 Å². The molecule has 0 spiro atoms. The summed E-state index contributed by atoms with van der Waals surface area (Å²) in [5.74, 6) is 2.92. The van der Waals surface area contributed by atoms with E-state index in [2.05, 4.69) is 99.8 Å². The van der Waals surface area contributed by atoms with Gasteiger partial charge in [0.1, 0.15) is 41.0 Å². The molecule has 24 aromatic rings. The number of fused-ring (bicyclic) bond motifs is 10. The van der Waals surface area contributed by atoms with Crippen LogP contribution in [0.2, 0.25) is 0 Å². The van der Waals surface area contributed by atoms with Gasteiger partial charge in [0, 0.05) is 172 Å². The van der Waals surface area contributed by atoms with E-state index in [4.69, 9.17) is 62.8 Å². The highest BCUT2D eigenvalue weighted by Crippen LogP contribution is 2.40. The molecule has 0 bridgehead atoms. The van der Waals surface area contributed by atoms with Crippen molar-refractivity contribution in [1.82, 2.24) is 108 Å². The van der Waals surface area contributed by atoms with Crippen LogP contribution < -0.4 is 42.9 Å². The van der Waals surface area contributed by atoms with Crippen LogP contribution in [0, 0.1) is 5.82 Å². The Balaban J connectivity index is 0.000000103. The summed E-state index contributed by atoms with van der Waals surface area (Å²) in [4.78, 5) is 55.1. The van der Waals surface area contributed by atoms with Crippen molar-refractivity contribution in [3.05, 3.63) is 322 Å². The van der Waals surface area contributed by atoms with Crippen molar-refractivity contribution in [1.29, 1.82) is 0 Å². The van der Waals surface area contributed by atoms with Gasteiger partial charge < -0.3 is 53.1 Å². The molecule has 0 aliphatic carbocycles. The number of ether oxygens (including phenoxy) is 3. The Hall–Kier alpha value is -19.6. The molecule has 0 amide bonds. The molecule has 672 valence electrons. The lowest BCUT2D eigenvalue weighted by molar-refractivity contribution is 0.355. The van der Waals surface area contributed by atoms with E-state index < -0.39 is 11.6 Å². The number of pyridine rings is 5. The van der Waals surface area contributed by atoms with Crippen molar-refractivity contribution < 1.29 is 28.8 Å². The van der Waals surface area contributed by atoms with Crippen molar-refractivity contribution in [2.45, 2.75) is 13.1 Å². The van der Waals surface area contributed by atoms with Crippen LogP contribution in [0.3, 0.4) is 0 Å². The molecule has 0 saturated carbocycles. The van der Waals surface area contributed by atoms with Gasteiger partial charge >= 0.3 is 0 Å². The number of aromatic nitrogens is 22. The lowest BCUT2D eigenvalue weighted by Crippen LogP contribution is -2.08. The number of methoxy groups -OCH3 is 3. The summed E-state index contributed by atoms with van der Waals surface area (Å²) < 4.78 is 37.8. The van der Waals surface area contributed by atoms with Crippen LogP contribution in [-0.4, -0.2) is 158 Å². The number of halogens is 1. The van der Waals surface area contributed by atoms with Crippen LogP contribution in [0.15, 0.2) is 321 Å². The highest BCUT2D eigenvalue weighted by Gasteiger charge is 2.24. The minimum atomic E-state index is -0.717. The number of anilines is 5. The first kappa shape index (κ1) is 85.2. The van der Waals surface area contributed by atoms with E-state index in [0.717, 1.165) is 144 Å². The van der Waals surface area contributed by atoms with Gasteiger partial charge in [-0.25, -0.2) is 29.3 Å². The number of H-pyrrole nitrogens is 1. The molecule has 8 aromatic carbocycles. The lowest BCUT2D eigenvalue weighted by atomic mass is 10.1. The number of hydrogen-bond acceptors (Lipinski definition) is 28. The summed E-state index contributed by atoms with van der Waals surface area (Å²) in [5.41, 5.74) is 54.8. The van der Waals surface area contributed by atoms with Crippen molar-refractivity contribution in [3.8, 4) is 129 Å². The van der Waals surface area contributed by atoms with Crippen LogP contribution in [0.5, 0.6) is 28.7 Å². The first-order valence-electron chi connectivity index (χ1n) is 43.1. The van der Waals surface area contributed by atoms with Gasteiger partial charge in [-0.05, 0) is 122 Å². The molecule has 1 atom stereocenters. The number of phenolic OH excluding ortho intramolecular Hbond substituents is 2. The third-order valence-corrected chi connectivity index (χ3v) is 23.2. The number of rotatable bonds is 13. The van der Waals surface area contributed by atoms with Gasteiger partial charge in [0.05, 0.1) is 121 Å². The first-order chi connectivity index (χ1) is 67.4. The average molecular weight is 1820 g/mol. The number of aromatic hydroxyl groups is 2.